The molecule has 0 saturated heterocycles. The van der Waals surface area contributed by atoms with Crippen molar-refractivity contribution in [2.45, 2.75) is 96.1 Å². The number of aliphatic hydroxyl groups is 4. The first-order valence-electron chi connectivity index (χ1n) is 11.6. The molecular formula is C23H38O6. The molecule has 0 heterocycles. The smallest absolute Gasteiger partial charge is 0.370 e. The number of carboxylic acids is 1. The first-order chi connectivity index (χ1) is 13.4. The quantitative estimate of drug-likeness (QED) is 0.455. The molecule has 7 unspecified atom stereocenters. The van der Waals surface area contributed by atoms with Crippen LogP contribution in [0.4, 0.5) is 0 Å². The Morgan fingerprint density at radius 2 is 1.55 bits per heavy atom. The fourth-order valence-corrected chi connectivity index (χ4v) is 8.40. The Morgan fingerprint density at radius 3 is 2.24 bits per heavy atom. The second-order valence-corrected chi connectivity index (χ2v) is 11.2. The van der Waals surface area contributed by atoms with Crippen LogP contribution in [-0.4, -0.2) is 43.1 Å². The molecule has 29 heavy (non-hydrogen) atoms. The zero-order valence-corrected chi connectivity index (χ0v) is 17.8. The van der Waals surface area contributed by atoms with Crippen LogP contribution in [0.3, 0.4) is 0 Å². The summed E-state index contributed by atoms with van der Waals surface area (Å²) in [4.78, 5) is 11.1. The Balaban J connectivity index is 1.55. The van der Waals surface area contributed by atoms with Crippen molar-refractivity contribution in [1.82, 2.24) is 0 Å². The topological polar surface area (TPSA) is 118 Å². The van der Waals surface area contributed by atoms with Gasteiger partial charge in [-0.25, -0.2) is 4.79 Å². The van der Waals surface area contributed by atoms with Crippen LogP contribution in [-0.2, 0) is 4.79 Å². The Kier molecular flexibility index (Phi) is 5.13. The average Bonchev–Trinajstić information content (AvgIpc) is 2.97. The van der Waals surface area contributed by atoms with Crippen molar-refractivity contribution in [2.24, 2.45) is 40.4 Å². The Morgan fingerprint density at radius 1 is 0.862 bits per heavy atom. The number of carbonyl (C=O) groups is 1. The van der Waals surface area contributed by atoms with E-state index in [2.05, 4.69) is 13.8 Å². The van der Waals surface area contributed by atoms with E-state index in [4.69, 9.17) is 5.11 Å². The molecule has 0 bridgehead atoms. The minimum atomic E-state index is -3.56. The van der Waals surface area contributed by atoms with Crippen LogP contribution in [0.2, 0.25) is 0 Å². The summed E-state index contributed by atoms with van der Waals surface area (Å²) in [7, 11) is 0. The summed E-state index contributed by atoms with van der Waals surface area (Å²) in [5, 5.41) is 49.1. The maximum absolute atomic E-state index is 11.1. The molecule has 6 nitrogen and oxygen atoms in total. The molecule has 166 valence electrons. The molecular weight excluding hydrogens is 372 g/mol. The van der Waals surface area contributed by atoms with Crippen molar-refractivity contribution in [3.8, 4) is 0 Å². The summed E-state index contributed by atoms with van der Waals surface area (Å²) in [6, 6.07) is 0. The van der Waals surface area contributed by atoms with Crippen molar-refractivity contribution in [3.05, 3.63) is 0 Å². The van der Waals surface area contributed by atoms with Gasteiger partial charge in [0.15, 0.2) is 0 Å². The van der Waals surface area contributed by atoms with Gasteiger partial charge in [-0.15, -0.1) is 0 Å². The molecule has 4 aliphatic carbocycles. The number of hydrogen-bond donors (Lipinski definition) is 5. The predicted molar refractivity (Wildman–Crippen MR) is 106 cm³/mol. The third-order valence-electron chi connectivity index (χ3n) is 10.2. The van der Waals surface area contributed by atoms with Gasteiger partial charge >= 0.3 is 11.8 Å². The van der Waals surface area contributed by atoms with Gasteiger partial charge in [0.25, 0.3) is 0 Å². The summed E-state index contributed by atoms with van der Waals surface area (Å²) in [6.07, 6.45) is 11.6. The van der Waals surface area contributed by atoms with Crippen LogP contribution in [0, 0.1) is 40.4 Å². The summed E-state index contributed by atoms with van der Waals surface area (Å²) in [5.74, 6) is -6.05. The number of hydrogen-bond acceptors (Lipinski definition) is 5. The highest BCUT2D eigenvalue weighted by molar-refractivity contribution is 5.76. The second-order valence-electron chi connectivity index (χ2n) is 11.2. The fraction of sp³-hybridized carbons (Fsp3) is 0.957. The van der Waals surface area contributed by atoms with Crippen LogP contribution in [0.25, 0.3) is 0 Å². The van der Waals surface area contributed by atoms with Crippen molar-refractivity contribution in [1.29, 1.82) is 0 Å². The van der Waals surface area contributed by atoms with Crippen LogP contribution in [0.1, 0.15) is 84.5 Å². The maximum Gasteiger partial charge on any atom is 0.370 e. The number of carboxylic acid groups (broad SMARTS) is 1. The zero-order chi connectivity index (χ0) is 21.2. The molecule has 4 fully saturated rings. The lowest BCUT2D eigenvalue weighted by molar-refractivity contribution is -0.351. The maximum atomic E-state index is 11.1. The molecule has 0 aliphatic heterocycles. The summed E-state index contributed by atoms with van der Waals surface area (Å²) in [6.45, 7) is 4.74. The van der Waals surface area contributed by atoms with E-state index in [-0.39, 0.29) is 17.8 Å². The molecule has 5 N–H and O–H groups in total. The third-order valence-corrected chi connectivity index (χ3v) is 10.2. The normalized spacial score (nSPS) is 45.2. The van der Waals surface area contributed by atoms with E-state index in [1.54, 1.807) is 0 Å². The van der Waals surface area contributed by atoms with Crippen molar-refractivity contribution in [2.75, 3.05) is 0 Å². The first-order valence-corrected chi connectivity index (χ1v) is 11.6. The van der Waals surface area contributed by atoms with Crippen LogP contribution >= 0.6 is 0 Å². The number of fused-ring (bicyclic) bond motifs is 5. The van der Waals surface area contributed by atoms with E-state index < -0.39 is 17.5 Å². The second kappa shape index (κ2) is 6.91. The zero-order valence-electron chi connectivity index (χ0n) is 17.8. The van der Waals surface area contributed by atoms with Gasteiger partial charge in [0.1, 0.15) is 0 Å². The monoisotopic (exact) mass is 410 g/mol. The van der Waals surface area contributed by atoms with E-state index in [0.717, 1.165) is 37.5 Å². The van der Waals surface area contributed by atoms with Gasteiger partial charge in [0.2, 0.25) is 5.79 Å². The van der Waals surface area contributed by atoms with Crippen LogP contribution in [0.5, 0.6) is 0 Å². The van der Waals surface area contributed by atoms with Gasteiger partial charge in [-0.2, -0.15) is 0 Å². The minimum absolute atomic E-state index is 0.107. The summed E-state index contributed by atoms with van der Waals surface area (Å²) in [5.41, 5.74) is 0.331. The number of rotatable bonds is 4. The molecule has 0 spiro atoms. The highest BCUT2D eigenvalue weighted by Crippen LogP contribution is 2.68. The van der Waals surface area contributed by atoms with Crippen molar-refractivity contribution < 1.29 is 30.3 Å². The Hall–Kier alpha value is -0.690. The first kappa shape index (κ1) is 21.5. The standard InChI is InChI=1S/C23H38O6/c1-20-11-4-3-5-14(20)6-8-16-17-9-7-15(21(17,2)12-10-18(16)20)13-22(26,27)23(28,29)19(24)25/h14-18,26-29H,3-13H2,1-2H3,(H,24,25). The molecule has 0 aromatic carbocycles. The van der Waals surface area contributed by atoms with E-state index in [9.17, 15) is 25.2 Å². The molecule has 0 aromatic heterocycles. The molecule has 7 atom stereocenters. The van der Waals surface area contributed by atoms with E-state index in [1.165, 1.54) is 38.5 Å². The summed E-state index contributed by atoms with van der Waals surface area (Å²) < 4.78 is 0. The number of aliphatic carboxylic acids is 1. The molecule has 4 rings (SSSR count). The lowest BCUT2D eigenvalue weighted by Crippen LogP contribution is -2.61. The van der Waals surface area contributed by atoms with Crippen molar-refractivity contribution in [3.63, 3.8) is 0 Å². The Bertz CT molecular complexity index is 660. The van der Waals surface area contributed by atoms with Gasteiger partial charge in [-0.3, -0.25) is 0 Å². The van der Waals surface area contributed by atoms with Crippen LogP contribution < -0.4 is 0 Å². The third kappa shape index (κ3) is 3.08. The SMILES string of the molecule is CC12CCCCC1CCC1C2CCC2(C)C(CC(O)(O)C(O)(O)C(=O)O)CCC12. The van der Waals surface area contributed by atoms with Gasteiger partial charge in [-0.1, -0.05) is 26.7 Å². The summed E-state index contributed by atoms with van der Waals surface area (Å²) >= 11 is 0. The molecule has 0 radical (unpaired) electrons. The highest BCUT2D eigenvalue weighted by Gasteiger charge is 2.62. The average molecular weight is 411 g/mol. The molecule has 6 heteroatoms. The largest absolute Gasteiger partial charge is 0.477 e. The lowest BCUT2D eigenvalue weighted by atomic mass is 9.45. The Labute approximate surface area is 173 Å². The van der Waals surface area contributed by atoms with Gasteiger partial charge in [-0.05, 0) is 91.8 Å². The predicted octanol–water partition coefficient (Wildman–Crippen LogP) is 2.87. The van der Waals surface area contributed by atoms with E-state index in [0.29, 0.717) is 17.3 Å². The molecule has 0 amide bonds. The van der Waals surface area contributed by atoms with Gasteiger partial charge < -0.3 is 25.5 Å². The lowest BCUT2D eigenvalue weighted by Gasteiger charge is -2.60. The van der Waals surface area contributed by atoms with Gasteiger partial charge in [0, 0.05) is 6.42 Å². The highest BCUT2D eigenvalue weighted by atomic mass is 16.6. The molecule has 4 saturated carbocycles. The molecule has 0 aromatic rings. The van der Waals surface area contributed by atoms with Gasteiger partial charge in [0.05, 0.1) is 0 Å². The molecule has 4 aliphatic rings. The minimum Gasteiger partial charge on any atom is -0.477 e. The van der Waals surface area contributed by atoms with Crippen molar-refractivity contribution >= 4 is 5.97 Å². The van der Waals surface area contributed by atoms with E-state index in [1.807, 2.05) is 0 Å². The van der Waals surface area contributed by atoms with Crippen LogP contribution in [0.15, 0.2) is 0 Å². The fourth-order valence-electron chi connectivity index (χ4n) is 8.40. The van der Waals surface area contributed by atoms with E-state index >= 15 is 0 Å².